The van der Waals surface area contributed by atoms with E-state index >= 15 is 0 Å². The second-order valence-corrected chi connectivity index (χ2v) is 9.36. The molecule has 0 bridgehead atoms. The number of amides is 1. The topological polar surface area (TPSA) is 73.2 Å². The highest BCUT2D eigenvalue weighted by atomic mass is 32.2. The van der Waals surface area contributed by atoms with Crippen LogP contribution in [0.1, 0.15) is 55.3 Å². The second kappa shape index (κ2) is 11.2. The van der Waals surface area contributed by atoms with Crippen molar-refractivity contribution in [2.45, 2.75) is 60.9 Å². The largest absolute Gasteiger partial charge is 0.497 e. The molecule has 0 unspecified atom stereocenters. The van der Waals surface area contributed by atoms with Crippen LogP contribution in [-0.4, -0.2) is 28.8 Å². The molecule has 33 heavy (non-hydrogen) atoms. The molecule has 1 saturated carbocycles. The van der Waals surface area contributed by atoms with Crippen LogP contribution in [0.3, 0.4) is 0 Å². The van der Waals surface area contributed by atoms with Gasteiger partial charge in [-0.1, -0.05) is 43.9 Å². The molecule has 1 amide bonds. The van der Waals surface area contributed by atoms with Crippen LogP contribution in [0.2, 0.25) is 0 Å². The first kappa shape index (κ1) is 23.1. The lowest BCUT2D eigenvalue weighted by Gasteiger charge is -2.21. The lowest BCUT2D eigenvalue weighted by atomic mass is 9.96. The zero-order chi connectivity index (χ0) is 23.0. The van der Waals surface area contributed by atoms with Crippen LogP contribution in [0.15, 0.2) is 75.4 Å². The minimum Gasteiger partial charge on any atom is -0.497 e. The Morgan fingerprint density at radius 1 is 0.939 bits per heavy atom. The minimum atomic E-state index is -0.221. The molecule has 1 aliphatic rings. The van der Waals surface area contributed by atoms with Gasteiger partial charge in [-0.25, -0.2) is 0 Å². The molecule has 1 heterocycles. The number of hydrogen-bond acceptors (Lipinski definition) is 5. The maximum absolute atomic E-state index is 12.7. The molecule has 4 rings (SSSR count). The highest BCUT2D eigenvalue weighted by Gasteiger charge is 2.15. The Hall–Kier alpha value is -3.06. The van der Waals surface area contributed by atoms with Gasteiger partial charge in [0.1, 0.15) is 10.8 Å². The number of ether oxygens (including phenoxy) is 1. The van der Waals surface area contributed by atoms with Gasteiger partial charge in [-0.2, -0.15) is 9.78 Å². The number of nitrogens with one attached hydrogen (secondary N) is 1. The van der Waals surface area contributed by atoms with Crippen molar-refractivity contribution in [3.05, 3.63) is 76.6 Å². The van der Waals surface area contributed by atoms with Crippen LogP contribution in [-0.2, 0) is 0 Å². The first-order chi connectivity index (χ1) is 16.1. The van der Waals surface area contributed by atoms with E-state index in [1.165, 1.54) is 54.6 Å². The van der Waals surface area contributed by atoms with Crippen molar-refractivity contribution in [3.63, 3.8) is 0 Å². The Morgan fingerprint density at radius 2 is 1.61 bits per heavy atom. The molecule has 1 N–H and O–H groups in total. The quantitative estimate of drug-likeness (QED) is 0.542. The molecule has 1 fully saturated rings. The summed E-state index contributed by atoms with van der Waals surface area (Å²) in [7, 11) is 1.63. The zero-order valence-corrected chi connectivity index (χ0v) is 19.6. The molecule has 172 valence electrons. The number of rotatable bonds is 6. The van der Waals surface area contributed by atoms with Crippen molar-refractivity contribution in [1.29, 1.82) is 0 Å². The molecular weight excluding hydrogens is 434 g/mol. The third-order valence-electron chi connectivity index (χ3n) is 5.87. The summed E-state index contributed by atoms with van der Waals surface area (Å²) in [5.41, 5.74) is 0.998. The summed E-state index contributed by atoms with van der Waals surface area (Å²) in [5, 5.41) is 8.39. The van der Waals surface area contributed by atoms with Crippen LogP contribution >= 0.6 is 11.8 Å². The van der Waals surface area contributed by atoms with Gasteiger partial charge in [0.15, 0.2) is 0 Å². The fraction of sp³-hybridized carbons (Fsp3) is 0.346. The molecule has 6 nitrogen and oxygen atoms in total. The van der Waals surface area contributed by atoms with Gasteiger partial charge in [0.25, 0.3) is 11.5 Å². The van der Waals surface area contributed by atoms with Crippen LogP contribution in [0.4, 0.5) is 0 Å². The summed E-state index contributed by atoms with van der Waals surface area (Å²) in [6.07, 6.45) is 8.23. The predicted octanol–water partition coefficient (Wildman–Crippen LogP) is 5.24. The van der Waals surface area contributed by atoms with E-state index in [0.29, 0.717) is 16.3 Å². The zero-order valence-electron chi connectivity index (χ0n) is 18.8. The molecule has 7 heteroatoms. The van der Waals surface area contributed by atoms with E-state index in [0.717, 1.165) is 23.5 Å². The van der Waals surface area contributed by atoms with E-state index < -0.39 is 0 Å². The predicted molar refractivity (Wildman–Crippen MR) is 131 cm³/mol. The Bertz CT molecular complexity index is 1120. The SMILES string of the molecule is COc1ccc(Sc2ccc(=O)n(-c3ccc(C(=O)NC4CCCCCCC4)cc3)n2)cc1. The van der Waals surface area contributed by atoms with Gasteiger partial charge >= 0.3 is 0 Å². The van der Waals surface area contributed by atoms with E-state index in [1.54, 1.807) is 37.4 Å². The van der Waals surface area contributed by atoms with Crippen molar-refractivity contribution < 1.29 is 9.53 Å². The van der Waals surface area contributed by atoms with Gasteiger partial charge < -0.3 is 10.1 Å². The van der Waals surface area contributed by atoms with Crippen molar-refractivity contribution >= 4 is 17.7 Å². The first-order valence-electron chi connectivity index (χ1n) is 11.5. The van der Waals surface area contributed by atoms with Crippen LogP contribution < -0.4 is 15.6 Å². The molecular formula is C26H29N3O3S. The summed E-state index contributed by atoms with van der Waals surface area (Å²) in [4.78, 5) is 26.2. The summed E-state index contributed by atoms with van der Waals surface area (Å²) >= 11 is 1.46. The maximum Gasteiger partial charge on any atom is 0.271 e. The average molecular weight is 464 g/mol. The van der Waals surface area contributed by atoms with Gasteiger partial charge in [0, 0.05) is 22.6 Å². The number of carbonyl (C=O) groups is 1. The Kier molecular flexibility index (Phi) is 7.83. The van der Waals surface area contributed by atoms with Gasteiger partial charge in [0.2, 0.25) is 0 Å². The summed E-state index contributed by atoms with van der Waals surface area (Å²) in [6, 6.07) is 18.2. The number of carbonyl (C=O) groups excluding carboxylic acids is 1. The molecule has 0 spiro atoms. The van der Waals surface area contributed by atoms with E-state index in [1.807, 2.05) is 24.3 Å². The maximum atomic E-state index is 12.7. The normalized spacial score (nSPS) is 14.8. The number of methoxy groups -OCH3 is 1. The Balaban J connectivity index is 1.45. The third kappa shape index (κ3) is 6.26. The van der Waals surface area contributed by atoms with Crippen molar-refractivity contribution in [2.75, 3.05) is 7.11 Å². The number of benzene rings is 2. The minimum absolute atomic E-state index is 0.0590. The second-order valence-electron chi connectivity index (χ2n) is 8.26. The monoisotopic (exact) mass is 463 g/mol. The fourth-order valence-electron chi connectivity index (χ4n) is 4.02. The smallest absolute Gasteiger partial charge is 0.271 e. The van der Waals surface area contributed by atoms with Crippen LogP contribution in [0, 0.1) is 0 Å². The molecule has 0 atom stereocenters. The number of hydrogen-bond donors (Lipinski definition) is 1. The van der Waals surface area contributed by atoms with E-state index in [4.69, 9.17) is 4.74 Å². The lowest BCUT2D eigenvalue weighted by Crippen LogP contribution is -2.35. The molecule has 2 aromatic carbocycles. The van der Waals surface area contributed by atoms with Gasteiger partial charge in [0.05, 0.1) is 12.8 Å². The average Bonchev–Trinajstić information content (AvgIpc) is 2.82. The van der Waals surface area contributed by atoms with Crippen molar-refractivity contribution in [3.8, 4) is 11.4 Å². The molecule has 1 aromatic heterocycles. The van der Waals surface area contributed by atoms with Gasteiger partial charge in [-0.3, -0.25) is 9.59 Å². The van der Waals surface area contributed by atoms with Crippen LogP contribution in [0.5, 0.6) is 5.75 Å². The Labute approximate surface area is 198 Å². The number of nitrogens with zero attached hydrogens (tertiary/aromatic N) is 2. The summed E-state index contributed by atoms with van der Waals surface area (Å²) < 4.78 is 6.56. The molecule has 3 aromatic rings. The lowest BCUT2D eigenvalue weighted by molar-refractivity contribution is 0.0930. The summed E-state index contributed by atoms with van der Waals surface area (Å²) in [6.45, 7) is 0. The van der Waals surface area contributed by atoms with Crippen LogP contribution in [0.25, 0.3) is 5.69 Å². The fourth-order valence-corrected chi connectivity index (χ4v) is 4.79. The van der Waals surface area contributed by atoms with E-state index in [2.05, 4.69) is 10.4 Å². The molecule has 0 radical (unpaired) electrons. The highest BCUT2D eigenvalue weighted by Crippen LogP contribution is 2.27. The van der Waals surface area contributed by atoms with E-state index in [9.17, 15) is 9.59 Å². The third-order valence-corrected chi connectivity index (χ3v) is 6.81. The Morgan fingerprint density at radius 3 is 2.27 bits per heavy atom. The number of aromatic nitrogens is 2. The van der Waals surface area contributed by atoms with Crippen molar-refractivity contribution in [2.24, 2.45) is 0 Å². The standard InChI is InChI=1S/C26H29N3O3S/c1-32-22-13-15-23(16-14-22)33-24-17-18-25(30)29(28-24)21-11-9-19(10-12-21)26(31)27-20-7-5-3-2-4-6-8-20/h9-18,20H,2-8H2,1H3,(H,27,31). The van der Waals surface area contributed by atoms with E-state index in [-0.39, 0.29) is 17.5 Å². The molecule has 1 aliphatic carbocycles. The molecule has 0 aliphatic heterocycles. The van der Waals surface area contributed by atoms with Gasteiger partial charge in [-0.15, -0.1) is 0 Å². The van der Waals surface area contributed by atoms with Crippen molar-refractivity contribution in [1.82, 2.24) is 15.1 Å². The highest BCUT2D eigenvalue weighted by molar-refractivity contribution is 7.99. The van der Waals surface area contributed by atoms with Gasteiger partial charge in [-0.05, 0) is 67.4 Å². The molecule has 0 saturated heterocycles. The first-order valence-corrected chi connectivity index (χ1v) is 12.3. The summed E-state index contributed by atoms with van der Waals surface area (Å²) in [5.74, 6) is 0.729.